The third kappa shape index (κ3) is 0.965. The molecule has 0 aromatic rings. The first-order valence-electron chi connectivity index (χ1n) is 6.28. The van der Waals surface area contributed by atoms with Gasteiger partial charge in [-0.15, -0.1) is 0 Å². The van der Waals surface area contributed by atoms with Crippen LogP contribution in [0.2, 0.25) is 0 Å². The number of allylic oxidation sites excluding steroid dienone is 4. The van der Waals surface area contributed by atoms with Crippen LogP contribution in [0.4, 0.5) is 0 Å². The molecular formula is C14H16O. The summed E-state index contributed by atoms with van der Waals surface area (Å²) in [5, 5.41) is 0. The summed E-state index contributed by atoms with van der Waals surface area (Å²) in [6, 6.07) is 0. The predicted molar refractivity (Wildman–Crippen MR) is 58.2 cm³/mol. The van der Waals surface area contributed by atoms with Gasteiger partial charge in [0.15, 0.2) is 5.78 Å². The van der Waals surface area contributed by atoms with Crippen molar-refractivity contribution in [1.29, 1.82) is 0 Å². The van der Waals surface area contributed by atoms with Crippen LogP contribution in [-0.2, 0) is 4.79 Å². The van der Waals surface area contributed by atoms with Gasteiger partial charge in [0.05, 0.1) is 0 Å². The van der Waals surface area contributed by atoms with Crippen molar-refractivity contribution < 1.29 is 4.79 Å². The van der Waals surface area contributed by atoms with E-state index in [4.69, 9.17) is 0 Å². The summed E-state index contributed by atoms with van der Waals surface area (Å²) < 4.78 is 0. The van der Waals surface area contributed by atoms with Gasteiger partial charge in [0.1, 0.15) is 0 Å². The molecule has 3 fully saturated rings. The Morgan fingerprint density at radius 2 is 1.93 bits per heavy atom. The van der Waals surface area contributed by atoms with Crippen molar-refractivity contribution >= 4 is 5.78 Å². The molecule has 15 heavy (non-hydrogen) atoms. The Hall–Kier alpha value is -0.850. The molecule has 0 spiro atoms. The van der Waals surface area contributed by atoms with Crippen LogP contribution in [0.1, 0.15) is 32.1 Å². The minimum atomic E-state index is 0.417. The molecule has 0 radical (unpaired) electrons. The lowest BCUT2D eigenvalue weighted by atomic mass is 9.85. The lowest BCUT2D eigenvalue weighted by Gasteiger charge is -2.19. The smallest absolute Gasteiger partial charge is 0.162 e. The Labute approximate surface area is 90.2 Å². The average molecular weight is 200 g/mol. The third-order valence-corrected chi connectivity index (χ3v) is 4.93. The largest absolute Gasteiger partial charge is 0.294 e. The standard InChI is InChI=1S/C14H16O/c15-14-11-4-3-10(7-11)13(14)12-6-8-1-2-9(12)5-8/h1-2,8-11H,3-7H2. The van der Waals surface area contributed by atoms with Gasteiger partial charge in [-0.3, -0.25) is 4.79 Å². The molecule has 1 nitrogen and oxygen atoms in total. The van der Waals surface area contributed by atoms with Crippen LogP contribution in [0.3, 0.4) is 0 Å². The number of fused-ring (bicyclic) bond motifs is 4. The first-order chi connectivity index (χ1) is 7.33. The molecular weight excluding hydrogens is 184 g/mol. The van der Waals surface area contributed by atoms with Crippen LogP contribution in [-0.4, -0.2) is 5.78 Å². The van der Waals surface area contributed by atoms with E-state index in [1.165, 1.54) is 37.7 Å². The Bertz CT molecular complexity index is 402. The average Bonchev–Trinajstić information content (AvgIpc) is 2.96. The molecule has 0 aromatic heterocycles. The van der Waals surface area contributed by atoms with Crippen molar-refractivity contribution in [2.75, 3.05) is 0 Å². The fourth-order valence-electron chi connectivity index (χ4n) is 4.25. The zero-order valence-electron chi connectivity index (χ0n) is 8.91. The Morgan fingerprint density at radius 3 is 2.53 bits per heavy atom. The molecule has 4 aliphatic rings. The van der Waals surface area contributed by atoms with Crippen LogP contribution < -0.4 is 0 Å². The molecule has 4 rings (SSSR count). The zero-order chi connectivity index (χ0) is 9.99. The van der Waals surface area contributed by atoms with E-state index < -0.39 is 0 Å². The second-order valence-electron chi connectivity index (χ2n) is 5.70. The fraction of sp³-hybridized carbons (Fsp3) is 0.643. The van der Waals surface area contributed by atoms with Crippen molar-refractivity contribution in [2.45, 2.75) is 32.1 Å². The van der Waals surface area contributed by atoms with Crippen molar-refractivity contribution in [2.24, 2.45) is 23.7 Å². The lowest BCUT2D eigenvalue weighted by Crippen LogP contribution is -2.16. The molecule has 1 heteroatoms. The van der Waals surface area contributed by atoms with E-state index >= 15 is 0 Å². The monoisotopic (exact) mass is 200 g/mol. The second-order valence-corrected chi connectivity index (χ2v) is 5.70. The lowest BCUT2D eigenvalue weighted by molar-refractivity contribution is -0.118. The van der Waals surface area contributed by atoms with Gasteiger partial charge < -0.3 is 0 Å². The molecule has 4 bridgehead atoms. The summed E-state index contributed by atoms with van der Waals surface area (Å²) in [7, 11) is 0. The molecule has 0 saturated heterocycles. The van der Waals surface area contributed by atoms with Gasteiger partial charge in [0, 0.05) is 5.92 Å². The van der Waals surface area contributed by atoms with Gasteiger partial charge >= 0.3 is 0 Å². The summed E-state index contributed by atoms with van der Waals surface area (Å²) >= 11 is 0. The van der Waals surface area contributed by atoms with Gasteiger partial charge in [-0.05, 0) is 55.4 Å². The van der Waals surface area contributed by atoms with E-state index in [-0.39, 0.29) is 0 Å². The number of carbonyl (C=O) groups excluding carboxylic acids is 1. The van der Waals surface area contributed by atoms with Crippen LogP contribution in [0.15, 0.2) is 23.3 Å². The first-order valence-corrected chi connectivity index (χ1v) is 6.28. The van der Waals surface area contributed by atoms with E-state index in [0.717, 1.165) is 5.92 Å². The fourth-order valence-corrected chi connectivity index (χ4v) is 4.25. The third-order valence-electron chi connectivity index (χ3n) is 4.93. The number of hydrogen-bond acceptors (Lipinski definition) is 1. The number of rotatable bonds is 0. The molecule has 0 aromatic carbocycles. The van der Waals surface area contributed by atoms with Gasteiger partial charge in [-0.1, -0.05) is 17.7 Å². The van der Waals surface area contributed by atoms with E-state index in [1.807, 2.05) is 0 Å². The van der Waals surface area contributed by atoms with Crippen molar-refractivity contribution in [1.82, 2.24) is 0 Å². The number of hydrogen-bond donors (Lipinski definition) is 0. The van der Waals surface area contributed by atoms with Crippen LogP contribution in [0.25, 0.3) is 0 Å². The quantitative estimate of drug-likeness (QED) is 0.434. The van der Waals surface area contributed by atoms with Crippen molar-refractivity contribution in [3.8, 4) is 0 Å². The highest BCUT2D eigenvalue weighted by Gasteiger charge is 2.46. The normalized spacial score (nSPS) is 51.1. The summed E-state index contributed by atoms with van der Waals surface area (Å²) in [6.45, 7) is 0. The minimum absolute atomic E-state index is 0.417. The molecule has 0 amide bonds. The molecule has 0 aliphatic heterocycles. The van der Waals surface area contributed by atoms with Crippen molar-refractivity contribution in [3.63, 3.8) is 0 Å². The van der Waals surface area contributed by atoms with Crippen LogP contribution >= 0.6 is 0 Å². The van der Waals surface area contributed by atoms with E-state index in [0.29, 0.717) is 23.5 Å². The molecule has 4 unspecified atom stereocenters. The number of Topliss-reactive ketones (excluding diaryl/α,β-unsaturated/α-hetero) is 1. The highest BCUT2D eigenvalue weighted by atomic mass is 16.1. The molecule has 0 heterocycles. The van der Waals surface area contributed by atoms with Gasteiger partial charge in [-0.2, -0.15) is 0 Å². The highest BCUT2D eigenvalue weighted by Crippen LogP contribution is 2.52. The van der Waals surface area contributed by atoms with Gasteiger partial charge in [0.2, 0.25) is 0 Å². The van der Waals surface area contributed by atoms with E-state index in [9.17, 15) is 4.79 Å². The number of carbonyl (C=O) groups is 1. The molecule has 0 N–H and O–H groups in total. The van der Waals surface area contributed by atoms with E-state index in [2.05, 4.69) is 12.2 Å². The summed E-state index contributed by atoms with van der Waals surface area (Å²) in [4.78, 5) is 12.1. The summed E-state index contributed by atoms with van der Waals surface area (Å²) in [6.07, 6.45) is 10.8. The van der Waals surface area contributed by atoms with Gasteiger partial charge in [0.25, 0.3) is 0 Å². The Kier molecular flexibility index (Phi) is 1.46. The molecule has 78 valence electrons. The summed E-state index contributed by atoms with van der Waals surface area (Å²) in [5.74, 6) is 3.02. The minimum Gasteiger partial charge on any atom is -0.294 e. The Balaban J connectivity index is 1.81. The van der Waals surface area contributed by atoms with Crippen molar-refractivity contribution in [3.05, 3.63) is 23.3 Å². The molecule has 4 atom stereocenters. The second kappa shape index (κ2) is 2.63. The molecule has 4 aliphatic carbocycles. The maximum Gasteiger partial charge on any atom is 0.162 e. The van der Waals surface area contributed by atoms with Gasteiger partial charge in [-0.25, -0.2) is 0 Å². The summed E-state index contributed by atoms with van der Waals surface area (Å²) in [5.41, 5.74) is 2.84. The highest BCUT2D eigenvalue weighted by molar-refractivity contribution is 6.01. The number of ketones is 1. The Morgan fingerprint density at radius 1 is 1.07 bits per heavy atom. The topological polar surface area (TPSA) is 17.1 Å². The van der Waals surface area contributed by atoms with Crippen LogP contribution in [0, 0.1) is 23.7 Å². The maximum absolute atomic E-state index is 12.1. The van der Waals surface area contributed by atoms with Crippen LogP contribution in [0.5, 0.6) is 0 Å². The molecule has 3 saturated carbocycles. The maximum atomic E-state index is 12.1. The zero-order valence-corrected chi connectivity index (χ0v) is 8.91. The predicted octanol–water partition coefficient (Wildman–Crippen LogP) is 2.88. The SMILES string of the molecule is O=C1C(=C2CC3C=CC2C3)C2CCC1C2. The first kappa shape index (κ1) is 8.32. The van der Waals surface area contributed by atoms with E-state index in [1.54, 1.807) is 5.57 Å².